The monoisotopic (exact) mass is 144 g/mol. The predicted octanol–water partition coefficient (Wildman–Crippen LogP) is -0.940. The Labute approximate surface area is 57.7 Å². The van der Waals surface area contributed by atoms with Crippen LogP contribution in [-0.2, 0) is 14.3 Å². The van der Waals surface area contributed by atoms with Crippen molar-refractivity contribution >= 4 is 5.97 Å². The number of esters is 1. The van der Waals surface area contributed by atoms with Crippen molar-refractivity contribution in [3.8, 4) is 0 Å². The summed E-state index contributed by atoms with van der Waals surface area (Å²) in [5.74, 6) is -0.345. The van der Waals surface area contributed by atoms with E-state index >= 15 is 0 Å². The van der Waals surface area contributed by atoms with Gasteiger partial charge in [0.15, 0.2) is 6.10 Å². The first-order valence-corrected chi connectivity index (χ1v) is 3.24. The van der Waals surface area contributed by atoms with E-state index in [0.29, 0.717) is 0 Å². The minimum atomic E-state index is -0.636. The van der Waals surface area contributed by atoms with E-state index in [9.17, 15) is 9.90 Å². The number of hydrogen-bond donors (Lipinski definition) is 1. The Hall–Kier alpha value is -0.610. The molecule has 0 radical (unpaired) electrons. The van der Waals surface area contributed by atoms with Crippen molar-refractivity contribution in [1.82, 2.24) is 0 Å². The van der Waals surface area contributed by atoms with Crippen molar-refractivity contribution in [2.24, 2.45) is 0 Å². The Morgan fingerprint density at radius 3 is 3.00 bits per heavy atom. The zero-order valence-corrected chi connectivity index (χ0v) is 5.48. The van der Waals surface area contributed by atoms with Gasteiger partial charge in [-0.1, -0.05) is 0 Å². The molecule has 0 aromatic carbocycles. The Morgan fingerprint density at radius 1 is 1.60 bits per heavy atom. The lowest BCUT2D eigenvalue weighted by Crippen LogP contribution is -2.40. The summed E-state index contributed by atoms with van der Waals surface area (Å²) in [7, 11) is 0. The molecule has 0 aromatic rings. The Balaban J connectivity index is 2.12. The predicted molar refractivity (Wildman–Crippen MR) is 30.2 cm³/mol. The molecule has 2 rings (SSSR count). The van der Waals surface area contributed by atoms with Crippen LogP contribution in [-0.4, -0.2) is 35.5 Å². The molecular formula is C6H8O4. The van der Waals surface area contributed by atoms with Gasteiger partial charge in [0.1, 0.15) is 18.3 Å². The highest BCUT2D eigenvalue weighted by Gasteiger charge is 2.57. The molecule has 56 valence electrons. The molecule has 0 saturated carbocycles. The number of aliphatic hydroxyl groups is 1. The van der Waals surface area contributed by atoms with Gasteiger partial charge in [-0.05, 0) is 6.92 Å². The summed E-state index contributed by atoms with van der Waals surface area (Å²) < 4.78 is 9.59. The standard InChI is InChI=1S/C6H8O4/c1-2-3(7)4-5(10-4)6(8)9-2/h2-5,7H,1H3. The van der Waals surface area contributed by atoms with Crippen LogP contribution >= 0.6 is 0 Å². The molecule has 0 aliphatic carbocycles. The molecule has 1 N–H and O–H groups in total. The van der Waals surface area contributed by atoms with E-state index in [4.69, 9.17) is 9.47 Å². The highest BCUT2D eigenvalue weighted by atomic mass is 16.7. The molecule has 0 bridgehead atoms. The third-order valence-electron chi connectivity index (χ3n) is 1.88. The summed E-state index contributed by atoms with van der Waals surface area (Å²) in [6, 6.07) is 0. The first-order chi connectivity index (χ1) is 4.70. The lowest BCUT2D eigenvalue weighted by atomic mass is 10.1. The minimum Gasteiger partial charge on any atom is -0.458 e. The van der Waals surface area contributed by atoms with Crippen molar-refractivity contribution in [2.45, 2.75) is 31.3 Å². The summed E-state index contributed by atoms with van der Waals surface area (Å²) in [5.41, 5.74) is 0. The van der Waals surface area contributed by atoms with Crippen LogP contribution in [0, 0.1) is 0 Å². The van der Waals surface area contributed by atoms with E-state index in [1.54, 1.807) is 6.92 Å². The van der Waals surface area contributed by atoms with Crippen molar-refractivity contribution < 1.29 is 19.4 Å². The first-order valence-electron chi connectivity index (χ1n) is 3.24. The van der Waals surface area contributed by atoms with Gasteiger partial charge in [0, 0.05) is 0 Å². The van der Waals surface area contributed by atoms with Crippen LogP contribution < -0.4 is 0 Å². The second-order valence-electron chi connectivity index (χ2n) is 2.65. The molecule has 0 spiro atoms. The molecule has 4 heteroatoms. The van der Waals surface area contributed by atoms with Gasteiger partial charge in [-0.15, -0.1) is 0 Å². The molecule has 2 heterocycles. The summed E-state index contributed by atoms with van der Waals surface area (Å²) >= 11 is 0. The van der Waals surface area contributed by atoms with Crippen molar-refractivity contribution in [1.29, 1.82) is 0 Å². The van der Waals surface area contributed by atoms with E-state index in [-0.39, 0.29) is 12.1 Å². The molecular weight excluding hydrogens is 136 g/mol. The zero-order chi connectivity index (χ0) is 7.30. The third kappa shape index (κ3) is 0.660. The van der Waals surface area contributed by atoms with E-state index in [2.05, 4.69) is 0 Å². The molecule has 2 saturated heterocycles. The highest BCUT2D eigenvalue weighted by Crippen LogP contribution is 2.33. The van der Waals surface area contributed by atoms with Crippen molar-refractivity contribution in [3.63, 3.8) is 0 Å². The second-order valence-corrected chi connectivity index (χ2v) is 2.65. The fraction of sp³-hybridized carbons (Fsp3) is 0.833. The lowest BCUT2D eigenvalue weighted by Gasteiger charge is -2.20. The number of ether oxygens (including phenoxy) is 2. The van der Waals surface area contributed by atoms with Gasteiger partial charge in [0.2, 0.25) is 0 Å². The third-order valence-corrected chi connectivity index (χ3v) is 1.88. The molecule has 2 aliphatic heterocycles. The summed E-state index contributed by atoms with van der Waals surface area (Å²) in [6.07, 6.45) is -1.83. The molecule has 4 nitrogen and oxygen atoms in total. The minimum absolute atomic E-state index is 0.295. The van der Waals surface area contributed by atoms with Crippen LogP contribution in [0.1, 0.15) is 6.92 Å². The maximum absolute atomic E-state index is 10.7. The van der Waals surface area contributed by atoms with E-state index in [1.165, 1.54) is 0 Å². The van der Waals surface area contributed by atoms with Gasteiger partial charge in [-0.3, -0.25) is 0 Å². The van der Waals surface area contributed by atoms with Crippen LogP contribution in [0.4, 0.5) is 0 Å². The van der Waals surface area contributed by atoms with Crippen LogP contribution in [0.15, 0.2) is 0 Å². The summed E-state index contributed by atoms with van der Waals surface area (Å²) in [4.78, 5) is 10.7. The number of aliphatic hydroxyl groups excluding tert-OH is 1. The maximum Gasteiger partial charge on any atom is 0.338 e. The zero-order valence-electron chi connectivity index (χ0n) is 5.48. The van der Waals surface area contributed by atoms with Crippen LogP contribution in [0.2, 0.25) is 0 Å². The smallest absolute Gasteiger partial charge is 0.338 e. The molecule has 0 aromatic heterocycles. The van der Waals surface area contributed by atoms with Crippen LogP contribution in [0.25, 0.3) is 0 Å². The Morgan fingerprint density at radius 2 is 2.30 bits per heavy atom. The number of hydrogen-bond acceptors (Lipinski definition) is 4. The average Bonchev–Trinajstić information content (AvgIpc) is 2.61. The van der Waals surface area contributed by atoms with Gasteiger partial charge >= 0.3 is 5.97 Å². The number of rotatable bonds is 0. The molecule has 2 fully saturated rings. The normalized spacial score (nSPS) is 51.6. The molecule has 0 amide bonds. The van der Waals surface area contributed by atoms with Gasteiger partial charge in [-0.2, -0.15) is 0 Å². The number of epoxide rings is 1. The molecule has 4 atom stereocenters. The number of fused-ring (bicyclic) bond motifs is 1. The van der Waals surface area contributed by atoms with Gasteiger partial charge in [-0.25, -0.2) is 4.79 Å². The van der Waals surface area contributed by atoms with Gasteiger partial charge in [0.05, 0.1) is 0 Å². The number of carbonyl (C=O) groups excluding carboxylic acids is 1. The summed E-state index contributed by atoms with van der Waals surface area (Å²) in [6.45, 7) is 1.65. The highest BCUT2D eigenvalue weighted by molar-refractivity contribution is 5.79. The van der Waals surface area contributed by atoms with Crippen molar-refractivity contribution in [3.05, 3.63) is 0 Å². The van der Waals surface area contributed by atoms with Gasteiger partial charge < -0.3 is 14.6 Å². The average molecular weight is 144 g/mol. The quantitative estimate of drug-likeness (QED) is 0.352. The maximum atomic E-state index is 10.7. The SMILES string of the molecule is CC1OC(=O)C2OC2C1O. The van der Waals surface area contributed by atoms with Crippen LogP contribution in [0.3, 0.4) is 0 Å². The van der Waals surface area contributed by atoms with Gasteiger partial charge in [0.25, 0.3) is 0 Å². The van der Waals surface area contributed by atoms with E-state index < -0.39 is 18.3 Å². The van der Waals surface area contributed by atoms with Crippen LogP contribution in [0.5, 0.6) is 0 Å². The first kappa shape index (κ1) is 6.12. The van der Waals surface area contributed by atoms with E-state index in [0.717, 1.165) is 0 Å². The molecule has 4 unspecified atom stereocenters. The molecule has 2 aliphatic rings. The fourth-order valence-electron chi connectivity index (χ4n) is 1.16. The lowest BCUT2D eigenvalue weighted by molar-refractivity contribution is -0.157. The Kier molecular flexibility index (Phi) is 1.04. The Bertz CT molecular complexity index is 177. The number of cyclic esters (lactones) is 1. The van der Waals surface area contributed by atoms with Crippen molar-refractivity contribution in [2.75, 3.05) is 0 Å². The summed E-state index contributed by atoms with van der Waals surface area (Å²) in [5, 5.41) is 9.20. The number of carbonyl (C=O) groups is 1. The van der Waals surface area contributed by atoms with E-state index in [1.807, 2.05) is 0 Å². The second kappa shape index (κ2) is 1.71. The molecule has 10 heavy (non-hydrogen) atoms. The largest absolute Gasteiger partial charge is 0.458 e. The topological polar surface area (TPSA) is 59.1 Å². The fourth-order valence-corrected chi connectivity index (χ4v) is 1.16.